The van der Waals surface area contributed by atoms with Crippen LogP contribution in [0.25, 0.3) is 0 Å². The Hall–Kier alpha value is -0.980. The Balaban J connectivity index is 0.00000121. The number of benzene rings is 1. The fraction of sp³-hybridized carbons (Fsp3) is 0.455. The molecule has 0 aliphatic rings. The van der Waals surface area contributed by atoms with Crippen molar-refractivity contribution in [2.75, 3.05) is 7.11 Å². The minimum Gasteiger partial charge on any atom is -0.497 e. The quantitative estimate of drug-likeness (QED) is 0.653. The van der Waals surface area contributed by atoms with Crippen LogP contribution in [0.3, 0.4) is 0 Å². The fourth-order valence-electron chi connectivity index (χ4n) is 0.989. The van der Waals surface area contributed by atoms with Gasteiger partial charge in [-0.25, -0.2) is 0 Å². The van der Waals surface area contributed by atoms with Crippen LogP contribution >= 0.6 is 0 Å². The van der Waals surface area contributed by atoms with Crippen molar-refractivity contribution in [1.29, 1.82) is 0 Å². The van der Waals surface area contributed by atoms with Gasteiger partial charge in [0, 0.05) is 0 Å². The van der Waals surface area contributed by atoms with Crippen molar-refractivity contribution in [3.8, 4) is 5.75 Å². The summed E-state index contributed by atoms with van der Waals surface area (Å²) in [5, 5.41) is 0. The van der Waals surface area contributed by atoms with Gasteiger partial charge in [0.1, 0.15) is 5.75 Å². The molecule has 12 heavy (non-hydrogen) atoms. The van der Waals surface area contributed by atoms with Crippen molar-refractivity contribution >= 4 is 0 Å². The van der Waals surface area contributed by atoms with Crippen molar-refractivity contribution in [3.05, 3.63) is 29.8 Å². The topological polar surface area (TPSA) is 9.23 Å². The summed E-state index contributed by atoms with van der Waals surface area (Å²) in [6.45, 7) is 4.36. The molecule has 0 bridgehead atoms. The highest BCUT2D eigenvalue weighted by atomic mass is 16.5. The van der Waals surface area contributed by atoms with Gasteiger partial charge in [-0.3, -0.25) is 0 Å². The highest BCUT2D eigenvalue weighted by Gasteiger charge is 1.97. The molecule has 1 heteroatoms. The molecule has 0 amide bonds. The van der Waals surface area contributed by atoms with E-state index in [1.807, 2.05) is 12.1 Å². The molecule has 0 radical (unpaired) electrons. The molecule has 1 aromatic rings. The van der Waals surface area contributed by atoms with E-state index in [0.29, 0.717) is 5.92 Å². The van der Waals surface area contributed by atoms with Gasteiger partial charge in [0.05, 0.1) is 7.11 Å². The van der Waals surface area contributed by atoms with Crippen LogP contribution in [0.2, 0.25) is 0 Å². The lowest BCUT2D eigenvalue weighted by Gasteiger charge is -2.05. The maximum absolute atomic E-state index is 5.05. The van der Waals surface area contributed by atoms with Crippen molar-refractivity contribution in [1.82, 2.24) is 0 Å². The van der Waals surface area contributed by atoms with Crippen LogP contribution in [0.15, 0.2) is 24.3 Å². The summed E-state index contributed by atoms with van der Waals surface area (Å²) in [5.74, 6) is 1.52. The minimum atomic E-state index is 0. The van der Waals surface area contributed by atoms with E-state index in [1.165, 1.54) is 5.56 Å². The Kier molecular flexibility index (Phi) is 4.42. The van der Waals surface area contributed by atoms with Crippen LogP contribution in [0.1, 0.15) is 32.8 Å². The molecule has 0 aromatic heterocycles. The third-order valence-electron chi connectivity index (χ3n) is 1.78. The van der Waals surface area contributed by atoms with Crippen molar-refractivity contribution in [2.24, 2.45) is 0 Å². The first-order valence-corrected chi connectivity index (χ1v) is 3.88. The molecule has 0 aliphatic heterocycles. The van der Waals surface area contributed by atoms with Crippen LogP contribution in [0.4, 0.5) is 0 Å². The zero-order chi connectivity index (χ0) is 8.27. The second-order valence-electron chi connectivity index (χ2n) is 2.93. The lowest BCUT2D eigenvalue weighted by atomic mass is 10.0. The number of rotatable bonds is 2. The van der Waals surface area contributed by atoms with Crippen LogP contribution in [0, 0.1) is 0 Å². The molecule has 68 valence electrons. The largest absolute Gasteiger partial charge is 0.497 e. The molecule has 0 fully saturated rings. The van der Waals surface area contributed by atoms with Gasteiger partial charge in [0.15, 0.2) is 0 Å². The van der Waals surface area contributed by atoms with Crippen LogP contribution in [0.5, 0.6) is 5.75 Å². The monoisotopic (exact) mass is 166 g/mol. The molecule has 0 unspecified atom stereocenters. The van der Waals surface area contributed by atoms with Crippen molar-refractivity contribution < 1.29 is 4.74 Å². The van der Waals surface area contributed by atoms with Gasteiger partial charge in [0.25, 0.3) is 0 Å². The van der Waals surface area contributed by atoms with Gasteiger partial charge >= 0.3 is 0 Å². The second kappa shape index (κ2) is 4.81. The molecule has 0 spiro atoms. The zero-order valence-corrected chi connectivity index (χ0v) is 7.29. The standard InChI is InChI=1S/C10H14O.CH4/c1-8(2)9-4-6-10(11-3)7-5-9;/h4-8H,1-3H3;1H4. The molecule has 0 aliphatic carbocycles. The van der Waals surface area contributed by atoms with E-state index in [-0.39, 0.29) is 7.43 Å². The molecule has 1 nitrogen and oxygen atoms in total. The van der Waals surface area contributed by atoms with Gasteiger partial charge in [-0.05, 0) is 23.6 Å². The van der Waals surface area contributed by atoms with Gasteiger partial charge in [-0.15, -0.1) is 0 Å². The highest BCUT2D eigenvalue weighted by Crippen LogP contribution is 2.17. The van der Waals surface area contributed by atoms with Crippen LogP contribution < -0.4 is 4.74 Å². The normalized spacial score (nSPS) is 9.33. The molecule has 0 saturated heterocycles. The van der Waals surface area contributed by atoms with Crippen LogP contribution in [-0.4, -0.2) is 7.11 Å². The molecule has 0 N–H and O–H groups in total. The Morgan fingerprint density at radius 2 is 1.58 bits per heavy atom. The van der Waals surface area contributed by atoms with Gasteiger partial charge in [-0.1, -0.05) is 33.4 Å². The number of hydrogen-bond acceptors (Lipinski definition) is 1. The smallest absolute Gasteiger partial charge is 0.118 e. The Morgan fingerprint density at radius 3 is 1.92 bits per heavy atom. The summed E-state index contributed by atoms with van der Waals surface area (Å²) < 4.78 is 5.05. The first-order valence-electron chi connectivity index (χ1n) is 3.88. The second-order valence-corrected chi connectivity index (χ2v) is 2.93. The van der Waals surface area contributed by atoms with E-state index in [4.69, 9.17) is 4.74 Å². The summed E-state index contributed by atoms with van der Waals surface area (Å²) >= 11 is 0. The highest BCUT2D eigenvalue weighted by molar-refractivity contribution is 5.28. The van der Waals surface area contributed by atoms with E-state index < -0.39 is 0 Å². The minimum absolute atomic E-state index is 0. The van der Waals surface area contributed by atoms with E-state index in [0.717, 1.165) is 5.75 Å². The van der Waals surface area contributed by atoms with Crippen molar-refractivity contribution in [3.63, 3.8) is 0 Å². The number of methoxy groups -OCH3 is 1. The Bertz CT molecular complexity index is 211. The van der Waals surface area contributed by atoms with Gasteiger partial charge < -0.3 is 4.74 Å². The van der Waals surface area contributed by atoms with Gasteiger partial charge in [0.2, 0.25) is 0 Å². The third-order valence-corrected chi connectivity index (χ3v) is 1.78. The summed E-state index contributed by atoms with van der Waals surface area (Å²) in [6.07, 6.45) is 0. The van der Waals surface area contributed by atoms with E-state index in [1.54, 1.807) is 7.11 Å². The van der Waals surface area contributed by atoms with Crippen molar-refractivity contribution in [2.45, 2.75) is 27.2 Å². The summed E-state index contributed by atoms with van der Waals surface area (Å²) in [7, 11) is 1.68. The molecule has 1 aromatic carbocycles. The zero-order valence-electron chi connectivity index (χ0n) is 7.29. The molecular weight excluding hydrogens is 148 g/mol. The number of hydrogen-bond donors (Lipinski definition) is 0. The van der Waals surface area contributed by atoms with E-state index in [9.17, 15) is 0 Å². The Morgan fingerprint density at radius 1 is 1.08 bits per heavy atom. The maximum atomic E-state index is 5.05. The first-order chi connectivity index (χ1) is 5.24. The lowest BCUT2D eigenvalue weighted by molar-refractivity contribution is 0.414. The number of ether oxygens (including phenoxy) is 1. The predicted molar refractivity (Wildman–Crippen MR) is 53.8 cm³/mol. The molecular formula is C11H18O. The summed E-state index contributed by atoms with van der Waals surface area (Å²) in [4.78, 5) is 0. The average Bonchev–Trinajstić information content (AvgIpc) is 2.05. The summed E-state index contributed by atoms with van der Waals surface area (Å²) in [6, 6.07) is 8.19. The Labute approximate surface area is 75.4 Å². The van der Waals surface area contributed by atoms with Gasteiger partial charge in [-0.2, -0.15) is 0 Å². The summed E-state index contributed by atoms with van der Waals surface area (Å²) in [5.41, 5.74) is 1.35. The maximum Gasteiger partial charge on any atom is 0.118 e. The molecule has 1 rings (SSSR count). The predicted octanol–water partition coefficient (Wildman–Crippen LogP) is 3.45. The van der Waals surface area contributed by atoms with E-state index in [2.05, 4.69) is 26.0 Å². The lowest BCUT2D eigenvalue weighted by Crippen LogP contribution is -1.87. The van der Waals surface area contributed by atoms with E-state index >= 15 is 0 Å². The SMILES string of the molecule is C.COc1ccc(C(C)C)cc1. The third kappa shape index (κ3) is 2.57. The average molecular weight is 166 g/mol. The van der Waals surface area contributed by atoms with Crippen LogP contribution in [-0.2, 0) is 0 Å². The molecule has 0 saturated carbocycles. The fourth-order valence-corrected chi connectivity index (χ4v) is 0.989. The first kappa shape index (κ1) is 11.0. The molecule has 0 heterocycles. The molecule has 0 atom stereocenters.